The molecule has 248 valence electrons. The Balaban J connectivity index is 1.86. The Kier molecular flexibility index (Phi) is 11.8. The zero-order valence-corrected chi connectivity index (χ0v) is 28.6. The fourth-order valence-corrected chi connectivity index (χ4v) is 7.01. The average Bonchev–Trinajstić information content (AvgIpc) is 3.02. The molecule has 0 saturated heterocycles. The topological polar surface area (TPSA) is 86.8 Å². The molecule has 0 aliphatic carbocycles. The van der Waals surface area contributed by atoms with Crippen LogP contribution in [0.2, 0.25) is 5.02 Å². The van der Waals surface area contributed by atoms with Gasteiger partial charge in [-0.3, -0.25) is 13.9 Å². The predicted octanol–water partition coefficient (Wildman–Crippen LogP) is 7.40. The number of carbonyl (C=O) groups excluding carboxylic acids is 2. The van der Waals surface area contributed by atoms with E-state index >= 15 is 0 Å². The van der Waals surface area contributed by atoms with Gasteiger partial charge in [0.15, 0.2) is 0 Å². The van der Waals surface area contributed by atoms with E-state index < -0.39 is 56.9 Å². The number of hydrogen-bond acceptors (Lipinski definition) is 4. The van der Waals surface area contributed by atoms with Crippen LogP contribution in [0.25, 0.3) is 0 Å². The van der Waals surface area contributed by atoms with Crippen LogP contribution in [-0.2, 0) is 38.8 Å². The molecule has 0 radical (unpaired) electrons. The van der Waals surface area contributed by atoms with Gasteiger partial charge < -0.3 is 10.2 Å². The third kappa shape index (κ3) is 9.15. The number of benzene rings is 4. The zero-order valence-electron chi connectivity index (χ0n) is 25.5. The quantitative estimate of drug-likeness (QED) is 0.164. The zero-order chi connectivity index (χ0) is 34.4. The van der Waals surface area contributed by atoms with Gasteiger partial charge in [-0.05, 0) is 67.4 Å². The normalized spacial score (nSPS) is 12.3. The van der Waals surface area contributed by atoms with E-state index in [1.54, 1.807) is 74.5 Å². The Bertz CT molecular complexity index is 1820. The lowest BCUT2D eigenvalue weighted by Gasteiger charge is -2.34. The number of amides is 2. The summed E-state index contributed by atoms with van der Waals surface area (Å²) in [5.41, 5.74) is 0.448. The van der Waals surface area contributed by atoms with Gasteiger partial charge in [0.05, 0.1) is 21.2 Å². The number of carbonyl (C=O) groups is 2. The Morgan fingerprint density at radius 3 is 2.19 bits per heavy atom. The number of likely N-dealkylation sites (N-methyl/N-ethyl adjacent to an activating group) is 1. The van der Waals surface area contributed by atoms with Crippen LogP contribution < -0.4 is 9.62 Å². The maximum atomic E-state index is 14.4. The molecule has 0 heterocycles. The van der Waals surface area contributed by atoms with Crippen molar-refractivity contribution in [3.8, 4) is 0 Å². The van der Waals surface area contributed by atoms with Gasteiger partial charge in [0.25, 0.3) is 10.0 Å². The van der Waals surface area contributed by atoms with E-state index in [0.717, 1.165) is 23.3 Å². The highest BCUT2D eigenvalue weighted by Gasteiger charge is 2.37. The molecule has 13 heteroatoms. The van der Waals surface area contributed by atoms with Gasteiger partial charge >= 0.3 is 6.18 Å². The second-order valence-electron chi connectivity index (χ2n) is 10.7. The first-order valence-electron chi connectivity index (χ1n) is 14.5. The number of hydrogen-bond donors (Lipinski definition) is 1. The number of nitrogens with one attached hydrogen (secondary N) is 1. The van der Waals surface area contributed by atoms with Gasteiger partial charge in [-0.2, -0.15) is 13.2 Å². The third-order valence-corrected chi connectivity index (χ3v) is 9.91. The maximum absolute atomic E-state index is 14.4. The molecule has 4 aromatic rings. The van der Waals surface area contributed by atoms with Gasteiger partial charge in [0, 0.05) is 24.0 Å². The first-order chi connectivity index (χ1) is 22.2. The summed E-state index contributed by atoms with van der Waals surface area (Å²) in [5, 5.41) is 2.13. The molecule has 0 aliphatic heterocycles. The van der Waals surface area contributed by atoms with Gasteiger partial charge in [0.1, 0.15) is 12.6 Å². The SMILES string of the molecule is CCNC(=O)[C@@H](Cc1ccccc1)N(Cc1cccc(Br)c1)C(=O)CN(c1ccc(Cl)c(C(F)(F)F)c1)S(=O)(=O)c1ccc(C)cc1. The van der Waals surface area contributed by atoms with Crippen molar-refractivity contribution in [1.82, 2.24) is 10.2 Å². The Hall–Kier alpha value is -3.87. The average molecular weight is 751 g/mol. The molecular formula is C34H32BrClF3N3O4S. The fourth-order valence-electron chi connectivity index (χ4n) is 4.93. The van der Waals surface area contributed by atoms with E-state index in [1.165, 1.54) is 17.0 Å². The second kappa shape index (κ2) is 15.4. The van der Waals surface area contributed by atoms with Crippen LogP contribution in [-0.4, -0.2) is 44.3 Å². The molecule has 0 fully saturated rings. The van der Waals surface area contributed by atoms with E-state index in [2.05, 4.69) is 21.2 Å². The molecule has 4 aromatic carbocycles. The molecule has 0 aromatic heterocycles. The Morgan fingerprint density at radius 1 is 0.915 bits per heavy atom. The number of rotatable bonds is 12. The minimum atomic E-state index is -4.90. The minimum absolute atomic E-state index is 0.0935. The van der Waals surface area contributed by atoms with Gasteiger partial charge in [-0.1, -0.05) is 87.7 Å². The molecule has 47 heavy (non-hydrogen) atoms. The number of sulfonamides is 1. The molecule has 0 aliphatic rings. The van der Waals surface area contributed by atoms with Crippen molar-refractivity contribution in [2.75, 3.05) is 17.4 Å². The first-order valence-corrected chi connectivity index (χ1v) is 17.1. The van der Waals surface area contributed by atoms with E-state index in [-0.39, 0.29) is 24.4 Å². The molecular weight excluding hydrogens is 719 g/mol. The van der Waals surface area contributed by atoms with Crippen LogP contribution in [0.15, 0.2) is 106 Å². The van der Waals surface area contributed by atoms with Crippen molar-refractivity contribution in [1.29, 1.82) is 0 Å². The highest BCUT2D eigenvalue weighted by molar-refractivity contribution is 9.10. The van der Waals surface area contributed by atoms with Crippen LogP contribution in [0.4, 0.5) is 18.9 Å². The second-order valence-corrected chi connectivity index (χ2v) is 13.9. The third-order valence-electron chi connectivity index (χ3n) is 7.30. The summed E-state index contributed by atoms with van der Waals surface area (Å²) in [6, 6.07) is 23.3. The summed E-state index contributed by atoms with van der Waals surface area (Å²) in [6.45, 7) is 2.74. The van der Waals surface area contributed by atoms with Crippen LogP contribution in [0.5, 0.6) is 0 Å². The van der Waals surface area contributed by atoms with Crippen LogP contribution in [0.3, 0.4) is 0 Å². The summed E-state index contributed by atoms with van der Waals surface area (Å²) in [4.78, 5) is 29.0. The van der Waals surface area contributed by atoms with E-state index in [0.29, 0.717) is 20.4 Å². The maximum Gasteiger partial charge on any atom is 0.417 e. The Morgan fingerprint density at radius 2 is 1.57 bits per heavy atom. The van der Waals surface area contributed by atoms with Gasteiger partial charge in [-0.25, -0.2) is 8.42 Å². The lowest BCUT2D eigenvalue weighted by atomic mass is 10.0. The van der Waals surface area contributed by atoms with Crippen LogP contribution >= 0.6 is 27.5 Å². The number of anilines is 1. The highest BCUT2D eigenvalue weighted by Crippen LogP contribution is 2.38. The molecule has 0 unspecified atom stereocenters. The van der Waals surface area contributed by atoms with Crippen molar-refractivity contribution in [2.45, 2.75) is 43.9 Å². The number of aryl methyl sites for hydroxylation is 1. The molecule has 7 nitrogen and oxygen atoms in total. The molecule has 0 spiro atoms. The summed E-state index contributed by atoms with van der Waals surface area (Å²) in [5.74, 6) is -1.28. The van der Waals surface area contributed by atoms with Crippen molar-refractivity contribution in [3.05, 3.63) is 129 Å². The summed E-state index contributed by atoms with van der Waals surface area (Å²) < 4.78 is 71.3. The molecule has 0 bridgehead atoms. The molecule has 2 amide bonds. The van der Waals surface area contributed by atoms with Crippen molar-refractivity contribution < 1.29 is 31.2 Å². The summed E-state index contributed by atoms with van der Waals surface area (Å²) >= 11 is 9.28. The lowest BCUT2D eigenvalue weighted by Crippen LogP contribution is -2.53. The first kappa shape index (κ1) is 36.0. The summed E-state index contributed by atoms with van der Waals surface area (Å²) in [6.07, 6.45) is -4.81. The smallest absolute Gasteiger partial charge is 0.355 e. The van der Waals surface area contributed by atoms with E-state index in [9.17, 15) is 31.2 Å². The van der Waals surface area contributed by atoms with Gasteiger partial charge in [0.2, 0.25) is 11.8 Å². The number of nitrogens with zero attached hydrogens (tertiary/aromatic N) is 2. The van der Waals surface area contributed by atoms with Crippen molar-refractivity contribution in [2.24, 2.45) is 0 Å². The van der Waals surface area contributed by atoms with Crippen molar-refractivity contribution in [3.63, 3.8) is 0 Å². The largest absolute Gasteiger partial charge is 0.417 e. The highest BCUT2D eigenvalue weighted by atomic mass is 79.9. The molecule has 1 atom stereocenters. The van der Waals surface area contributed by atoms with E-state index in [1.807, 2.05) is 6.07 Å². The van der Waals surface area contributed by atoms with Crippen LogP contribution in [0, 0.1) is 6.92 Å². The predicted molar refractivity (Wildman–Crippen MR) is 179 cm³/mol. The molecule has 0 saturated carbocycles. The van der Waals surface area contributed by atoms with E-state index in [4.69, 9.17) is 11.6 Å². The number of alkyl halides is 3. The van der Waals surface area contributed by atoms with Gasteiger partial charge in [-0.15, -0.1) is 0 Å². The van der Waals surface area contributed by atoms with Crippen molar-refractivity contribution >= 4 is 55.1 Å². The monoisotopic (exact) mass is 749 g/mol. The fraction of sp³-hybridized carbons (Fsp3) is 0.235. The Labute approximate surface area is 285 Å². The molecule has 4 rings (SSSR count). The van der Waals surface area contributed by atoms with Crippen LogP contribution in [0.1, 0.15) is 29.2 Å². The standard InChI is InChI=1S/C34H32BrClF3N3O4S/c1-3-40-33(44)31(19-24-8-5-4-6-9-24)41(21-25-10-7-11-26(35)18-25)32(43)22-42(47(45,46)28-15-12-23(2)13-16-28)27-14-17-30(36)29(20-27)34(37,38)39/h4-18,20,31H,3,19,21-22H2,1-2H3,(H,40,44)/t31-/m1/s1. The molecule has 1 N–H and O–H groups in total. The minimum Gasteiger partial charge on any atom is -0.355 e. The summed E-state index contributed by atoms with van der Waals surface area (Å²) in [7, 11) is -4.60. The number of halogens is 5. The lowest BCUT2D eigenvalue weighted by molar-refractivity contribution is -0.140.